The number of nitrogens with one attached hydrogen (secondary N) is 1. The Morgan fingerprint density at radius 1 is 1.52 bits per heavy atom. The van der Waals surface area contributed by atoms with Crippen molar-refractivity contribution in [1.82, 2.24) is 15.2 Å². The molecule has 1 N–H and O–H groups in total. The van der Waals surface area contributed by atoms with E-state index in [1.54, 1.807) is 12.4 Å². The number of aromatic nitrogens is 1. The number of carbonyl (C=O) groups excluding carboxylic acids is 1. The van der Waals surface area contributed by atoms with Gasteiger partial charge in [0.2, 0.25) is 5.91 Å². The van der Waals surface area contributed by atoms with Crippen LogP contribution in [0.25, 0.3) is 0 Å². The minimum atomic E-state index is 0.0825. The quantitative estimate of drug-likeness (QED) is 0.889. The SMILES string of the molecule is N#CCCN(Cc1cccnc1)C(=O)C1CC2CCC1N2. The number of carbonyl (C=O) groups is 1. The number of hydrogen-bond acceptors (Lipinski definition) is 4. The van der Waals surface area contributed by atoms with E-state index in [9.17, 15) is 4.79 Å². The Kier molecular flexibility index (Phi) is 4.16. The van der Waals surface area contributed by atoms with Crippen LogP contribution in [0.4, 0.5) is 0 Å². The Bertz CT molecular complexity index is 539. The van der Waals surface area contributed by atoms with Crippen LogP contribution in [0.5, 0.6) is 0 Å². The van der Waals surface area contributed by atoms with Crippen molar-refractivity contribution in [3.63, 3.8) is 0 Å². The van der Waals surface area contributed by atoms with Crippen LogP contribution < -0.4 is 5.32 Å². The highest BCUT2D eigenvalue weighted by Gasteiger charge is 2.44. The predicted octanol–water partition coefficient (Wildman–Crippen LogP) is 1.46. The third kappa shape index (κ3) is 3.06. The van der Waals surface area contributed by atoms with Gasteiger partial charge in [-0.25, -0.2) is 0 Å². The summed E-state index contributed by atoms with van der Waals surface area (Å²) in [5, 5.41) is 12.3. The summed E-state index contributed by atoms with van der Waals surface area (Å²) in [6, 6.07) is 6.83. The number of fused-ring (bicyclic) bond motifs is 2. The van der Waals surface area contributed by atoms with Gasteiger partial charge in [-0.15, -0.1) is 0 Å². The van der Waals surface area contributed by atoms with Crippen LogP contribution in [-0.2, 0) is 11.3 Å². The molecule has 1 aromatic heterocycles. The van der Waals surface area contributed by atoms with E-state index in [-0.39, 0.29) is 11.8 Å². The number of rotatable bonds is 5. The number of nitriles is 1. The van der Waals surface area contributed by atoms with Gasteiger partial charge in [0.1, 0.15) is 0 Å². The Labute approximate surface area is 125 Å². The molecule has 2 aliphatic rings. The van der Waals surface area contributed by atoms with Crippen molar-refractivity contribution in [2.75, 3.05) is 6.54 Å². The van der Waals surface area contributed by atoms with E-state index >= 15 is 0 Å². The summed E-state index contributed by atoms with van der Waals surface area (Å²) in [6.45, 7) is 1.04. The molecule has 1 amide bonds. The normalized spacial score (nSPS) is 26.5. The molecule has 2 aliphatic heterocycles. The van der Waals surface area contributed by atoms with Crippen LogP contribution in [0.15, 0.2) is 24.5 Å². The Balaban J connectivity index is 1.69. The van der Waals surface area contributed by atoms with Gasteiger partial charge in [-0.3, -0.25) is 9.78 Å². The third-order valence-corrected chi connectivity index (χ3v) is 4.52. The maximum absolute atomic E-state index is 12.8. The summed E-state index contributed by atoms with van der Waals surface area (Å²) < 4.78 is 0. The van der Waals surface area contributed by atoms with E-state index in [1.165, 1.54) is 6.42 Å². The predicted molar refractivity (Wildman–Crippen MR) is 77.9 cm³/mol. The first-order valence-electron chi connectivity index (χ1n) is 7.58. The molecule has 2 fully saturated rings. The summed E-state index contributed by atoms with van der Waals surface area (Å²) in [6.07, 6.45) is 7.12. The van der Waals surface area contributed by atoms with E-state index in [4.69, 9.17) is 5.26 Å². The van der Waals surface area contributed by atoms with Gasteiger partial charge in [0.15, 0.2) is 0 Å². The Hall–Kier alpha value is -1.93. The van der Waals surface area contributed by atoms with Gasteiger partial charge in [-0.05, 0) is 30.9 Å². The van der Waals surface area contributed by atoms with Gasteiger partial charge >= 0.3 is 0 Å². The average Bonchev–Trinajstić information content (AvgIpc) is 3.14. The summed E-state index contributed by atoms with van der Waals surface area (Å²) in [4.78, 5) is 18.7. The van der Waals surface area contributed by atoms with Gasteiger partial charge in [0, 0.05) is 37.6 Å². The molecule has 1 aromatic rings. The highest BCUT2D eigenvalue weighted by atomic mass is 16.2. The van der Waals surface area contributed by atoms with E-state index < -0.39 is 0 Å². The van der Waals surface area contributed by atoms with Crippen LogP contribution in [0.3, 0.4) is 0 Å². The molecule has 0 spiro atoms. The second kappa shape index (κ2) is 6.23. The summed E-state index contributed by atoms with van der Waals surface area (Å²) in [5.41, 5.74) is 1.01. The van der Waals surface area contributed by atoms with Crippen LogP contribution >= 0.6 is 0 Å². The molecule has 0 aromatic carbocycles. The molecule has 110 valence electrons. The largest absolute Gasteiger partial charge is 0.337 e. The Morgan fingerprint density at radius 2 is 2.43 bits per heavy atom. The van der Waals surface area contributed by atoms with E-state index in [1.807, 2.05) is 17.0 Å². The van der Waals surface area contributed by atoms with E-state index in [0.717, 1.165) is 18.4 Å². The highest BCUT2D eigenvalue weighted by molar-refractivity contribution is 5.80. The molecule has 0 radical (unpaired) electrons. The topological polar surface area (TPSA) is 69.0 Å². The fraction of sp³-hybridized carbons (Fsp3) is 0.562. The minimum absolute atomic E-state index is 0.0825. The number of hydrogen-bond donors (Lipinski definition) is 1. The fourth-order valence-corrected chi connectivity index (χ4v) is 3.50. The monoisotopic (exact) mass is 284 g/mol. The molecule has 3 heterocycles. The molecule has 3 unspecified atom stereocenters. The molecule has 3 atom stereocenters. The van der Waals surface area contributed by atoms with Crippen LogP contribution in [0.2, 0.25) is 0 Å². The average molecular weight is 284 g/mol. The van der Waals surface area contributed by atoms with Crippen molar-refractivity contribution in [3.8, 4) is 6.07 Å². The maximum atomic E-state index is 12.8. The van der Waals surface area contributed by atoms with Gasteiger partial charge in [0.25, 0.3) is 0 Å². The minimum Gasteiger partial charge on any atom is -0.337 e. The zero-order valence-corrected chi connectivity index (χ0v) is 12.0. The number of pyridine rings is 1. The molecule has 21 heavy (non-hydrogen) atoms. The standard InChI is InChI=1S/C16H20N4O/c17-6-2-8-20(11-12-3-1-7-18-10-12)16(21)14-9-13-4-5-15(14)19-13/h1,3,7,10,13-15,19H,2,4-5,8-9,11H2. The first-order chi connectivity index (χ1) is 10.3. The van der Waals surface area contributed by atoms with Crippen LogP contribution in [0, 0.1) is 17.2 Å². The maximum Gasteiger partial charge on any atom is 0.227 e. The zero-order chi connectivity index (χ0) is 14.7. The van der Waals surface area contributed by atoms with Gasteiger partial charge < -0.3 is 10.2 Å². The molecular formula is C16H20N4O. The molecule has 0 aliphatic carbocycles. The second-order valence-electron chi connectivity index (χ2n) is 5.92. The van der Waals surface area contributed by atoms with Crippen molar-refractivity contribution in [1.29, 1.82) is 5.26 Å². The first kappa shape index (κ1) is 14.0. The van der Waals surface area contributed by atoms with E-state index in [2.05, 4.69) is 16.4 Å². The Morgan fingerprint density at radius 3 is 3.05 bits per heavy atom. The molecule has 3 rings (SSSR count). The lowest BCUT2D eigenvalue weighted by Crippen LogP contribution is -2.41. The van der Waals surface area contributed by atoms with Crippen molar-refractivity contribution >= 4 is 5.91 Å². The van der Waals surface area contributed by atoms with Crippen LogP contribution in [0.1, 0.15) is 31.2 Å². The first-order valence-corrected chi connectivity index (χ1v) is 7.58. The summed E-state index contributed by atoms with van der Waals surface area (Å²) >= 11 is 0. The zero-order valence-electron chi connectivity index (χ0n) is 12.0. The van der Waals surface area contributed by atoms with Gasteiger partial charge in [-0.1, -0.05) is 6.07 Å². The third-order valence-electron chi connectivity index (χ3n) is 4.52. The van der Waals surface area contributed by atoms with Crippen LogP contribution in [-0.4, -0.2) is 34.4 Å². The second-order valence-corrected chi connectivity index (χ2v) is 5.92. The lowest BCUT2D eigenvalue weighted by Gasteiger charge is -2.28. The van der Waals surface area contributed by atoms with Crippen molar-refractivity contribution in [3.05, 3.63) is 30.1 Å². The lowest BCUT2D eigenvalue weighted by molar-refractivity contribution is -0.136. The van der Waals surface area contributed by atoms with Crippen molar-refractivity contribution in [2.24, 2.45) is 5.92 Å². The molecule has 5 heteroatoms. The van der Waals surface area contributed by atoms with E-state index in [0.29, 0.717) is 31.6 Å². The smallest absolute Gasteiger partial charge is 0.227 e. The summed E-state index contributed by atoms with van der Waals surface area (Å²) in [7, 11) is 0. The van der Waals surface area contributed by atoms with Gasteiger partial charge in [0.05, 0.1) is 18.4 Å². The number of nitrogens with zero attached hydrogens (tertiary/aromatic N) is 3. The highest BCUT2D eigenvalue weighted by Crippen LogP contribution is 2.34. The molecule has 0 saturated carbocycles. The van der Waals surface area contributed by atoms with Gasteiger partial charge in [-0.2, -0.15) is 5.26 Å². The molecule has 2 saturated heterocycles. The lowest BCUT2D eigenvalue weighted by atomic mass is 9.88. The molecule has 2 bridgehead atoms. The fourth-order valence-electron chi connectivity index (χ4n) is 3.50. The van der Waals surface area contributed by atoms with Crippen molar-refractivity contribution < 1.29 is 4.79 Å². The molecular weight excluding hydrogens is 264 g/mol. The number of amides is 1. The van der Waals surface area contributed by atoms with Crippen molar-refractivity contribution in [2.45, 2.75) is 44.3 Å². The molecule has 5 nitrogen and oxygen atoms in total. The summed E-state index contributed by atoms with van der Waals surface area (Å²) in [5.74, 6) is 0.271.